The Kier molecular flexibility index (Phi) is 5.52. The van der Waals surface area contributed by atoms with Crippen molar-refractivity contribution < 1.29 is 9.66 Å². The molecule has 0 fully saturated rings. The number of nitro benzene ring substituents is 1. The second-order valence-corrected chi connectivity index (χ2v) is 9.62. The Morgan fingerprint density at radius 2 is 2.00 bits per heavy atom. The zero-order valence-corrected chi connectivity index (χ0v) is 19.3. The molecule has 5 rings (SSSR count). The highest BCUT2D eigenvalue weighted by atomic mass is 79.9. The van der Waals surface area contributed by atoms with Crippen LogP contribution in [0.2, 0.25) is 0 Å². The lowest BCUT2D eigenvalue weighted by molar-refractivity contribution is -0.385. The predicted octanol–water partition coefficient (Wildman–Crippen LogP) is 5.78. The fourth-order valence-electron chi connectivity index (χ4n) is 4.07. The third-order valence-corrected chi connectivity index (χ3v) is 7.27. The third-order valence-electron chi connectivity index (χ3n) is 5.59. The number of hydrogen-bond acceptors (Lipinski definition) is 6. The lowest BCUT2D eigenvalue weighted by Gasteiger charge is -2.12. The third kappa shape index (κ3) is 3.82. The van der Waals surface area contributed by atoms with Crippen LogP contribution < -0.4 is 10.3 Å². The molecule has 7 nitrogen and oxygen atoms in total. The van der Waals surface area contributed by atoms with Gasteiger partial charge in [-0.1, -0.05) is 28.1 Å². The number of aromatic nitrogens is 2. The van der Waals surface area contributed by atoms with E-state index in [0.717, 1.165) is 40.5 Å². The van der Waals surface area contributed by atoms with E-state index in [1.807, 2.05) is 12.1 Å². The van der Waals surface area contributed by atoms with E-state index in [0.29, 0.717) is 28.1 Å². The van der Waals surface area contributed by atoms with Gasteiger partial charge in [-0.15, -0.1) is 11.3 Å². The Morgan fingerprint density at radius 3 is 2.84 bits per heavy atom. The van der Waals surface area contributed by atoms with E-state index in [-0.39, 0.29) is 17.9 Å². The van der Waals surface area contributed by atoms with Gasteiger partial charge in [0, 0.05) is 15.4 Å². The van der Waals surface area contributed by atoms with Gasteiger partial charge in [-0.2, -0.15) is 0 Å². The van der Waals surface area contributed by atoms with E-state index < -0.39 is 4.92 Å². The summed E-state index contributed by atoms with van der Waals surface area (Å²) in [5.74, 6) is 0.898. The van der Waals surface area contributed by atoms with Crippen LogP contribution in [-0.2, 0) is 19.4 Å². The summed E-state index contributed by atoms with van der Waals surface area (Å²) in [5, 5.41) is 12.0. The van der Waals surface area contributed by atoms with Crippen LogP contribution in [0.15, 0.2) is 51.7 Å². The molecule has 0 bridgehead atoms. The molecule has 1 N–H and O–H groups in total. The Bertz CT molecular complexity index is 1410. The first-order valence-electron chi connectivity index (χ1n) is 10.2. The first-order valence-corrected chi connectivity index (χ1v) is 11.8. The highest BCUT2D eigenvalue weighted by Crippen LogP contribution is 2.36. The number of halogens is 1. The molecule has 0 saturated heterocycles. The maximum Gasteiger partial charge on any atom is 0.276 e. The van der Waals surface area contributed by atoms with Crippen molar-refractivity contribution >= 4 is 43.2 Å². The van der Waals surface area contributed by atoms with Gasteiger partial charge in [0.2, 0.25) is 0 Å². The van der Waals surface area contributed by atoms with Crippen LogP contribution in [0.4, 0.5) is 5.69 Å². The molecule has 162 valence electrons. The topological polar surface area (TPSA) is 98.1 Å². The number of H-pyrrole nitrogens is 1. The summed E-state index contributed by atoms with van der Waals surface area (Å²) in [7, 11) is 0. The van der Waals surface area contributed by atoms with Crippen LogP contribution in [0.5, 0.6) is 5.75 Å². The number of fused-ring (bicyclic) bond motifs is 3. The number of nitrogens with one attached hydrogen (secondary N) is 1. The summed E-state index contributed by atoms with van der Waals surface area (Å²) < 4.78 is 6.78. The number of ether oxygens (including phenoxy) is 1. The molecule has 2 aromatic heterocycles. The molecule has 0 aliphatic heterocycles. The summed E-state index contributed by atoms with van der Waals surface area (Å²) in [4.78, 5) is 33.6. The van der Waals surface area contributed by atoms with E-state index in [9.17, 15) is 14.9 Å². The molecule has 2 heterocycles. The summed E-state index contributed by atoms with van der Waals surface area (Å²) in [5.41, 5.74) is 2.08. The van der Waals surface area contributed by atoms with Gasteiger partial charge in [-0.05, 0) is 55.5 Å². The van der Waals surface area contributed by atoms with E-state index in [1.54, 1.807) is 35.6 Å². The number of nitrogens with zero attached hydrogens (tertiary/aromatic N) is 2. The maximum absolute atomic E-state index is 13.0. The standard InChI is InChI=1S/C23H18BrN3O4S/c24-14-9-10-18(31-12-13-5-1-3-7-17(13)27(29)30)16(11-14)21-25-22(28)20-15-6-2-4-8-19(15)32-23(20)26-21/h1,3,5,7,9-11H,2,4,6,8,12H2,(H,25,26,28). The van der Waals surface area contributed by atoms with Gasteiger partial charge >= 0.3 is 0 Å². The number of nitro groups is 1. The highest BCUT2D eigenvalue weighted by molar-refractivity contribution is 9.10. The minimum atomic E-state index is -0.424. The summed E-state index contributed by atoms with van der Waals surface area (Å²) in [6.07, 6.45) is 4.14. The molecule has 0 atom stereocenters. The molecular formula is C23H18BrN3O4S. The summed E-state index contributed by atoms with van der Waals surface area (Å²) in [6, 6.07) is 11.9. The van der Waals surface area contributed by atoms with Gasteiger partial charge in [0.1, 0.15) is 23.0 Å². The number of hydrogen-bond donors (Lipinski definition) is 1. The zero-order valence-electron chi connectivity index (χ0n) is 16.9. The average Bonchev–Trinajstić information content (AvgIpc) is 3.17. The number of thiophene rings is 1. The van der Waals surface area contributed by atoms with Crippen molar-refractivity contribution in [1.82, 2.24) is 9.97 Å². The molecule has 9 heteroatoms. The first kappa shape index (κ1) is 20.8. The minimum Gasteiger partial charge on any atom is -0.488 e. The normalized spacial score (nSPS) is 13.2. The van der Waals surface area contributed by atoms with Gasteiger partial charge < -0.3 is 9.72 Å². The number of aromatic amines is 1. The minimum absolute atomic E-state index is 0.00304. The quantitative estimate of drug-likeness (QED) is 0.270. The Balaban J connectivity index is 1.55. The van der Waals surface area contributed by atoms with Gasteiger partial charge in [0.15, 0.2) is 0 Å². The number of rotatable bonds is 5. The molecule has 4 aromatic rings. The van der Waals surface area contributed by atoms with Crippen molar-refractivity contribution in [2.75, 3.05) is 0 Å². The molecule has 32 heavy (non-hydrogen) atoms. The Labute approximate surface area is 195 Å². The number of benzene rings is 2. The Hall–Kier alpha value is -3.04. The van der Waals surface area contributed by atoms with Crippen molar-refractivity contribution in [2.45, 2.75) is 32.3 Å². The molecule has 1 aliphatic carbocycles. The molecule has 0 saturated carbocycles. The number of aryl methyl sites for hydroxylation is 2. The lowest BCUT2D eigenvalue weighted by atomic mass is 9.97. The molecule has 0 amide bonds. The van der Waals surface area contributed by atoms with Gasteiger partial charge in [-0.3, -0.25) is 14.9 Å². The second kappa shape index (κ2) is 8.48. The van der Waals surface area contributed by atoms with Crippen molar-refractivity contribution in [2.24, 2.45) is 0 Å². The van der Waals surface area contributed by atoms with Crippen LogP contribution in [-0.4, -0.2) is 14.9 Å². The summed E-state index contributed by atoms with van der Waals surface area (Å²) in [6.45, 7) is 0.0194. The van der Waals surface area contributed by atoms with Gasteiger partial charge in [0.05, 0.1) is 21.4 Å². The largest absolute Gasteiger partial charge is 0.488 e. The lowest BCUT2D eigenvalue weighted by Crippen LogP contribution is -2.11. The molecular weight excluding hydrogens is 494 g/mol. The molecule has 1 aliphatic rings. The van der Waals surface area contributed by atoms with E-state index in [1.165, 1.54) is 10.9 Å². The van der Waals surface area contributed by atoms with Crippen molar-refractivity contribution in [3.05, 3.63) is 83.4 Å². The van der Waals surface area contributed by atoms with Crippen molar-refractivity contribution in [3.8, 4) is 17.1 Å². The maximum atomic E-state index is 13.0. The van der Waals surface area contributed by atoms with E-state index >= 15 is 0 Å². The van der Waals surface area contributed by atoms with Crippen molar-refractivity contribution in [1.29, 1.82) is 0 Å². The van der Waals surface area contributed by atoms with Gasteiger partial charge in [-0.25, -0.2) is 4.98 Å². The summed E-state index contributed by atoms with van der Waals surface area (Å²) >= 11 is 5.06. The first-order chi connectivity index (χ1) is 15.5. The van der Waals surface area contributed by atoms with Gasteiger partial charge in [0.25, 0.3) is 11.2 Å². The van der Waals surface area contributed by atoms with Crippen LogP contribution in [0.25, 0.3) is 21.6 Å². The second-order valence-electron chi connectivity index (χ2n) is 7.62. The van der Waals surface area contributed by atoms with Crippen molar-refractivity contribution in [3.63, 3.8) is 0 Å². The fourth-order valence-corrected chi connectivity index (χ4v) is 5.69. The zero-order chi connectivity index (χ0) is 22.2. The Morgan fingerprint density at radius 1 is 1.19 bits per heavy atom. The molecule has 0 unspecified atom stereocenters. The van der Waals surface area contributed by atoms with Crippen LogP contribution in [0.1, 0.15) is 28.8 Å². The SMILES string of the molecule is O=c1[nH]c(-c2cc(Br)ccc2OCc2ccccc2[N+](=O)[O-])nc2sc3c(c12)CCCC3. The smallest absolute Gasteiger partial charge is 0.276 e. The fraction of sp³-hybridized carbons (Fsp3) is 0.217. The monoisotopic (exact) mass is 511 g/mol. The molecule has 0 radical (unpaired) electrons. The van der Waals surface area contributed by atoms with Crippen LogP contribution in [0, 0.1) is 10.1 Å². The van der Waals surface area contributed by atoms with Crippen LogP contribution in [0.3, 0.4) is 0 Å². The highest BCUT2D eigenvalue weighted by Gasteiger charge is 2.21. The molecule has 2 aromatic carbocycles. The van der Waals surface area contributed by atoms with Crippen LogP contribution >= 0.6 is 27.3 Å². The number of para-hydroxylation sites is 1. The predicted molar refractivity (Wildman–Crippen MR) is 127 cm³/mol. The molecule has 0 spiro atoms. The average molecular weight is 512 g/mol. The van der Waals surface area contributed by atoms with E-state index in [4.69, 9.17) is 9.72 Å². The van der Waals surface area contributed by atoms with E-state index in [2.05, 4.69) is 20.9 Å².